The van der Waals surface area contributed by atoms with Gasteiger partial charge >= 0.3 is 0 Å². The summed E-state index contributed by atoms with van der Waals surface area (Å²) in [5.74, 6) is 1.34. The molecule has 0 radical (unpaired) electrons. The van der Waals surface area contributed by atoms with Crippen molar-refractivity contribution in [1.29, 1.82) is 0 Å². The summed E-state index contributed by atoms with van der Waals surface area (Å²) in [7, 11) is 0. The van der Waals surface area contributed by atoms with E-state index in [-0.39, 0.29) is 0 Å². The Balaban J connectivity index is 1.44. The molecule has 2 fully saturated rings. The number of hydrogen-bond acceptors (Lipinski definition) is 3. The topological polar surface area (TPSA) is 53.1 Å². The summed E-state index contributed by atoms with van der Waals surface area (Å²) in [4.78, 5) is 0. The first-order valence-electron chi connectivity index (χ1n) is 8.18. The van der Waals surface area contributed by atoms with E-state index in [0.29, 0.717) is 24.5 Å². The summed E-state index contributed by atoms with van der Waals surface area (Å²) in [5.41, 5.74) is 6.88. The van der Waals surface area contributed by atoms with Crippen LogP contribution in [0, 0.1) is 11.8 Å². The molecule has 0 bridgehead atoms. The van der Waals surface area contributed by atoms with E-state index in [1.165, 1.54) is 44.9 Å². The maximum atomic E-state index is 5.88. The van der Waals surface area contributed by atoms with Gasteiger partial charge in [-0.2, -0.15) is 5.10 Å². The van der Waals surface area contributed by atoms with Crippen LogP contribution < -0.4 is 5.73 Å². The van der Waals surface area contributed by atoms with E-state index in [1.807, 2.05) is 0 Å². The van der Waals surface area contributed by atoms with Crippen molar-refractivity contribution >= 4 is 0 Å². The van der Waals surface area contributed by atoms with Crippen molar-refractivity contribution in [2.24, 2.45) is 17.6 Å². The molecule has 4 nitrogen and oxygen atoms in total. The van der Waals surface area contributed by atoms with Gasteiger partial charge in [0.2, 0.25) is 0 Å². The van der Waals surface area contributed by atoms with Gasteiger partial charge in [-0.1, -0.05) is 19.3 Å². The molecule has 1 aromatic heterocycles. The molecule has 2 atom stereocenters. The first kappa shape index (κ1) is 14.1. The summed E-state index contributed by atoms with van der Waals surface area (Å²) in [6, 6.07) is 2.73. The van der Waals surface area contributed by atoms with E-state index >= 15 is 0 Å². The van der Waals surface area contributed by atoms with Crippen molar-refractivity contribution in [1.82, 2.24) is 9.78 Å². The highest BCUT2D eigenvalue weighted by molar-refractivity contribution is 4.98. The predicted molar refractivity (Wildman–Crippen MR) is 79.3 cm³/mol. The quantitative estimate of drug-likeness (QED) is 0.870. The van der Waals surface area contributed by atoms with Gasteiger partial charge in [-0.05, 0) is 50.1 Å². The molecule has 0 aliphatic heterocycles. The molecule has 1 heterocycles. The van der Waals surface area contributed by atoms with Crippen LogP contribution in [0.2, 0.25) is 0 Å². The van der Waals surface area contributed by atoms with Gasteiger partial charge in [-0.15, -0.1) is 0 Å². The number of rotatable bonds is 6. The predicted octanol–water partition coefficient (Wildman–Crippen LogP) is 2.89. The second kappa shape index (κ2) is 6.72. The van der Waals surface area contributed by atoms with E-state index in [9.17, 15) is 0 Å². The molecular formula is C16H27N3O. The molecule has 0 aromatic carbocycles. The standard InChI is InChI=1S/C16H27N3O/c17-10-13-4-3-5-14(13)11-20-12-15-8-9-19(18-15)16-6-1-2-7-16/h8-9,13-14,16H,1-7,10-12,17H2. The Hall–Kier alpha value is -0.870. The average Bonchev–Trinajstić information content (AvgIpc) is 3.20. The van der Waals surface area contributed by atoms with Crippen LogP contribution in [0.1, 0.15) is 56.7 Å². The van der Waals surface area contributed by atoms with E-state index in [4.69, 9.17) is 10.5 Å². The Bertz CT molecular complexity index is 412. The number of nitrogens with two attached hydrogens (primary N) is 1. The Labute approximate surface area is 121 Å². The average molecular weight is 277 g/mol. The lowest BCUT2D eigenvalue weighted by Crippen LogP contribution is -2.22. The Kier molecular flexibility index (Phi) is 4.73. The fourth-order valence-corrected chi connectivity index (χ4v) is 3.78. The molecule has 2 saturated carbocycles. The van der Waals surface area contributed by atoms with Crippen LogP contribution in [0.3, 0.4) is 0 Å². The van der Waals surface area contributed by atoms with Crippen LogP contribution in [-0.4, -0.2) is 22.9 Å². The zero-order valence-electron chi connectivity index (χ0n) is 12.3. The third-order valence-corrected chi connectivity index (χ3v) is 5.06. The maximum absolute atomic E-state index is 5.88. The van der Waals surface area contributed by atoms with Crippen LogP contribution in [0.15, 0.2) is 12.3 Å². The molecule has 0 spiro atoms. The Morgan fingerprint density at radius 3 is 2.75 bits per heavy atom. The number of nitrogens with zero attached hydrogens (tertiary/aromatic N) is 2. The lowest BCUT2D eigenvalue weighted by Gasteiger charge is -2.17. The van der Waals surface area contributed by atoms with Crippen molar-refractivity contribution in [3.63, 3.8) is 0 Å². The number of aromatic nitrogens is 2. The highest BCUT2D eigenvalue weighted by Crippen LogP contribution is 2.31. The summed E-state index contributed by atoms with van der Waals surface area (Å²) in [6.07, 6.45) is 11.2. The Morgan fingerprint density at radius 2 is 1.95 bits per heavy atom. The van der Waals surface area contributed by atoms with Crippen molar-refractivity contribution < 1.29 is 4.74 Å². The molecule has 2 N–H and O–H groups in total. The van der Waals surface area contributed by atoms with Crippen molar-refractivity contribution in [3.05, 3.63) is 18.0 Å². The number of ether oxygens (including phenoxy) is 1. The molecule has 2 aliphatic carbocycles. The molecule has 1 aromatic rings. The Morgan fingerprint density at radius 1 is 1.15 bits per heavy atom. The van der Waals surface area contributed by atoms with Crippen molar-refractivity contribution in [2.45, 2.75) is 57.6 Å². The smallest absolute Gasteiger partial charge is 0.0906 e. The maximum Gasteiger partial charge on any atom is 0.0906 e. The first-order valence-corrected chi connectivity index (χ1v) is 8.18. The monoisotopic (exact) mass is 277 g/mol. The minimum Gasteiger partial charge on any atom is -0.375 e. The zero-order chi connectivity index (χ0) is 13.8. The largest absolute Gasteiger partial charge is 0.375 e. The molecule has 2 unspecified atom stereocenters. The van der Waals surface area contributed by atoms with Crippen LogP contribution in [0.25, 0.3) is 0 Å². The summed E-state index contributed by atoms with van der Waals surface area (Å²) >= 11 is 0. The van der Waals surface area contributed by atoms with Crippen molar-refractivity contribution in [2.75, 3.05) is 13.2 Å². The van der Waals surface area contributed by atoms with Gasteiger partial charge in [0.1, 0.15) is 0 Å². The lowest BCUT2D eigenvalue weighted by molar-refractivity contribution is 0.0730. The summed E-state index contributed by atoms with van der Waals surface area (Å²) in [5, 5.41) is 4.66. The highest BCUT2D eigenvalue weighted by Gasteiger charge is 2.26. The molecule has 2 aliphatic rings. The van der Waals surface area contributed by atoms with Crippen LogP contribution in [0.5, 0.6) is 0 Å². The van der Waals surface area contributed by atoms with Gasteiger partial charge in [-0.3, -0.25) is 4.68 Å². The highest BCUT2D eigenvalue weighted by atomic mass is 16.5. The second-order valence-corrected chi connectivity index (χ2v) is 6.43. The minimum absolute atomic E-state index is 0.625. The van der Waals surface area contributed by atoms with Crippen molar-refractivity contribution in [3.8, 4) is 0 Å². The SMILES string of the molecule is NCC1CCCC1COCc1ccn(C2CCCC2)n1. The minimum atomic E-state index is 0.625. The second-order valence-electron chi connectivity index (χ2n) is 6.43. The zero-order valence-corrected chi connectivity index (χ0v) is 12.3. The third kappa shape index (κ3) is 3.23. The molecule has 112 valence electrons. The molecule has 0 saturated heterocycles. The summed E-state index contributed by atoms with van der Waals surface area (Å²) in [6.45, 7) is 2.30. The molecule has 20 heavy (non-hydrogen) atoms. The third-order valence-electron chi connectivity index (χ3n) is 5.06. The number of hydrogen-bond donors (Lipinski definition) is 1. The van der Waals surface area contributed by atoms with Gasteiger partial charge in [-0.25, -0.2) is 0 Å². The van der Waals surface area contributed by atoms with Gasteiger partial charge in [0.15, 0.2) is 0 Å². The molecular weight excluding hydrogens is 250 g/mol. The fourth-order valence-electron chi connectivity index (χ4n) is 3.78. The van der Waals surface area contributed by atoms with E-state index in [1.54, 1.807) is 0 Å². The summed E-state index contributed by atoms with van der Waals surface area (Å²) < 4.78 is 8.02. The molecule has 3 rings (SSSR count). The molecule has 0 amide bonds. The molecule has 4 heteroatoms. The normalized spacial score (nSPS) is 27.4. The van der Waals surface area contributed by atoms with Crippen LogP contribution in [-0.2, 0) is 11.3 Å². The lowest BCUT2D eigenvalue weighted by atomic mass is 9.97. The van der Waals surface area contributed by atoms with Crippen LogP contribution >= 0.6 is 0 Å². The van der Waals surface area contributed by atoms with Crippen LogP contribution in [0.4, 0.5) is 0 Å². The fraction of sp³-hybridized carbons (Fsp3) is 0.812. The van der Waals surface area contributed by atoms with Gasteiger partial charge in [0, 0.05) is 6.20 Å². The van der Waals surface area contributed by atoms with E-state index in [0.717, 1.165) is 18.8 Å². The van der Waals surface area contributed by atoms with Gasteiger partial charge in [0.05, 0.1) is 24.9 Å². The first-order chi connectivity index (χ1) is 9.86. The van der Waals surface area contributed by atoms with Gasteiger partial charge < -0.3 is 10.5 Å². The van der Waals surface area contributed by atoms with Gasteiger partial charge in [0.25, 0.3) is 0 Å². The van der Waals surface area contributed by atoms with E-state index < -0.39 is 0 Å². The van der Waals surface area contributed by atoms with E-state index in [2.05, 4.69) is 22.0 Å².